The van der Waals surface area contributed by atoms with Gasteiger partial charge in [-0.1, -0.05) is 18.2 Å². The van der Waals surface area contributed by atoms with Crippen LogP contribution in [0.15, 0.2) is 54.9 Å². The minimum absolute atomic E-state index is 0.0159. The summed E-state index contributed by atoms with van der Waals surface area (Å²) in [6, 6.07) is 12.8. The number of benzene rings is 1. The fourth-order valence-corrected chi connectivity index (χ4v) is 6.02. The largest absolute Gasteiger partial charge is 0.452 e. The van der Waals surface area contributed by atoms with Gasteiger partial charge < -0.3 is 19.9 Å². The topological polar surface area (TPSA) is 94.6 Å². The molecule has 0 aliphatic carbocycles. The first-order chi connectivity index (χ1) is 15.5. The molecule has 32 heavy (non-hydrogen) atoms. The molecule has 0 unspecified atom stereocenters. The van der Waals surface area contributed by atoms with Crippen LogP contribution in [0.2, 0.25) is 0 Å². The maximum Gasteiger partial charge on any atom is 0.341 e. The Hall–Kier alpha value is -3.04. The number of hydrogen-bond acceptors (Lipinski definition) is 6. The van der Waals surface area contributed by atoms with Crippen LogP contribution in [0, 0.1) is 0 Å². The monoisotopic (exact) mass is 469 g/mol. The SMILES string of the molecule is NC(=O)CCN(C(=O)COC(=O)c1c(-n2cccc2)sc2c1CCSC2)c1ccccc1. The zero-order valence-electron chi connectivity index (χ0n) is 17.4. The van der Waals surface area contributed by atoms with Crippen molar-refractivity contribution < 1.29 is 19.1 Å². The second-order valence-electron chi connectivity index (χ2n) is 7.25. The number of carbonyl (C=O) groups is 3. The smallest absolute Gasteiger partial charge is 0.341 e. The lowest BCUT2D eigenvalue weighted by molar-refractivity contribution is -0.121. The second kappa shape index (κ2) is 10.1. The number of anilines is 1. The second-order valence-corrected chi connectivity index (χ2v) is 9.44. The maximum atomic E-state index is 13.1. The number of carbonyl (C=O) groups excluding carboxylic acids is 3. The van der Waals surface area contributed by atoms with Gasteiger partial charge in [0, 0.05) is 41.7 Å². The molecule has 0 radical (unpaired) electrons. The van der Waals surface area contributed by atoms with Gasteiger partial charge in [-0.2, -0.15) is 11.8 Å². The Morgan fingerprint density at radius 2 is 1.84 bits per heavy atom. The number of amides is 2. The molecule has 1 aliphatic heterocycles. The molecule has 1 aromatic carbocycles. The predicted octanol–water partition coefficient (Wildman–Crippen LogP) is 3.39. The molecule has 7 nitrogen and oxygen atoms in total. The van der Waals surface area contributed by atoms with E-state index in [1.165, 1.54) is 9.78 Å². The van der Waals surface area contributed by atoms with Crippen molar-refractivity contribution in [2.45, 2.75) is 18.6 Å². The van der Waals surface area contributed by atoms with Crippen LogP contribution in [-0.2, 0) is 26.5 Å². The highest BCUT2D eigenvalue weighted by molar-refractivity contribution is 7.98. The summed E-state index contributed by atoms with van der Waals surface area (Å²) in [5, 5.41) is 0.814. The number of nitrogens with two attached hydrogens (primary N) is 1. The van der Waals surface area contributed by atoms with E-state index in [2.05, 4.69) is 0 Å². The van der Waals surface area contributed by atoms with E-state index in [-0.39, 0.29) is 13.0 Å². The van der Waals surface area contributed by atoms with Crippen molar-refractivity contribution in [1.29, 1.82) is 0 Å². The van der Waals surface area contributed by atoms with Crippen molar-refractivity contribution in [3.8, 4) is 5.00 Å². The van der Waals surface area contributed by atoms with E-state index < -0.39 is 24.4 Å². The minimum atomic E-state index is -0.505. The first-order valence-electron chi connectivity index (χ1n) is 10.2. The number of hydrogen-bond donors (Lipinski definition) is 1. The number of nitrogens with zero attached hydrogens (tertiary/aromatic N) is 2. The third-order valence-corrected chi connectivity index (χ3v) is 7.54. The summed E-state index contributed by atoms with van der Waals surface area (Å²) < 4.78 is 7.41. The van der Waals surface area contributed by atoms with Gasteiger partial charge in [-0.3, -0.25) is 9.59 Å². The molecule has 0 saturated carbocycles. The third-order valence-electron chi connectivity index (χ3n) is 5.12. The Bertz CT molecular complexity index is 1110. The fraction of sp³-hybridized carbons (Fsp3) is 0.261. The van der Waals surface area contributed by atoms with Gasteiger partial charge in [0.05, 0.1) is 5.56 Å². The van der Waals surface area contributed by atoms with E-state index >= 15 is 0 Å². The average Bonchev–Trinajstić information content (AvgIpc) is 3.46. The van der Waals surface area contributed by atoms with E-state index in [1.54, 1.807) is 35.6 Å². The van der Waals surface area contributed by atoms with Gasteiger partial charge in [0.2, 0.25) is 5.91 Å². The standard InChI is InChI=1S/C23H23N3O4S2/c24-19(27)8-12-26(16-6-2-1-3-7-16)20(28)14-30-23(29)21-17-9-13-31-15-18(17)32-22(21)25-10-4-5-11-25/h1-7,10-11H,8-9,12-15H2,(H2,24,27). The van der Waals surface area contributed by atoms with Crippen LogP contribution in [0.25, 0.3) is 5.00 Å². The van der Waals surface area contributed by atoms with E-state index in [9.17, 15) is 14.4 Å². The molecule has 3 heterocycles. The zero-order chi connectivity index (χ0) is 22.5. The van der Waals surface area contributed by atoms with E-state index in [0.717, 1.165) is 28.5 Å². The van der Waals surface area contributed by atoms with Crippen LogP contribution >= 0.6 is 23.1 Å². The van der Waals surface area contributed by atoms with Crippen molar-refractivity contribution in [3.05, 3.63) is 70.9 Å². The number of thioether (sulfide) groups is 1. The summed E-state index contributed by atoms with van der Waals surface area (Å²) in [4.78, 5) is 39.9. The molecular weight excluding hydrogens is 446 g/mol. The Morgan fingerprint density at radius 3 is 2.56 bits per heavy atom. The Balaban J connectivity index is 1.53. The van der Waals surface area contributed by atoms with Gasteiger partial charge in [-0.05, 0) is 42.0 Å². The molecule has 166 valence electrons. The predicted molar refractivity (Wildman–Crippen MR) is 126 cm³/mol. The molecule has 1 aliphatic rings. The normalized spacial score (nSPS) is 12.8. The lowest BCUT2D eigenvalue weighted by atomic mass is 10.1. The number of rotatable bonds is 8. The molecule has 2 aromatic heterocycles. The molecule has 0 spiro atoms. The number of para-hydroxylation sites is 1. The molecule has 2 N–H and O–H groups in total. The Kier molecular flexibility index (Phi) is 6.96. The van der Waals surface area contributed by atoms with Crippen LogP contribution in [0.5, 0.6) is 0 Å². The summed E-state index contributed by atoms with van der Waals surface area (Å²) in [5.41, 5.74) is 7.44. The van der Waals surface area contributed by atoms with Crippen LogP contribution in [0.1, 0.15) is 27.2 Å². The number of fused-ring (bicyclic) bond motifs is 1. The van der Waals surface area contributed by atoms with Gasteiger partial charge >= 0.3 is 5.97 Å². The number of aromatic nitrogens is 1. The molecular formula is C23H23N3O4S2. The number of esters is 1. The van der Waals surface area contributed by atoms with Crippen molar-refractivity contribution in [2.24, 2.45) is 5.73 Å². The average molecular weight is 470 g/mol. The number of ether oxygens (including phenoxy) is 1. The highest BCUT2D eigenvalue weighted by atomic mass is 32.2. The lowest BCUT2D eigenvalue weighted by Gasteiger charge is -2.22. The van der Waals surface area contributed by atoms with Crippen molar-refractivity contribution in [2.75, 3.05) is 23.8 Å². The van der Waals surface area contributed by atoms with Gasteiger partial charge in [-0.15, -0.1) is 11.3 Å². The van der Waals surface area contributed by atoms with Gasteiger partial charge in [0.25, 0.3) is 5.91 Å². The first kappa shape index (κ1) is 22.2. The van der Waals surface area contributed by atoms with Crippen LogP contribution in [0.3, 0.4) is 0 Å². The van der Waals surface area contributed by atoms with Crippen LogP contribution in [-0.4, -0.2) is 41.3 Å². The van der Waals surface area contributed by atoms with Crippen LogP contribution < -0.4 is 10.6 Å². The van der Waals surface area contributed by atoms with E-state index in [4.69, 9.17) is 10.5 Å². The minimum Gasteiger partial charge on any atom is -0.452 e. The van der Waals surface area contributed by atoms with E-state index in [1.807, 2.05) is 46.9 Å². The van der Waals surface area contributed by atoms with Crippen molar-refractivity contribution in [3.63, 3.8) is 0 Å². The molecule has 2 amide bonds. The summed E-state index contributed by atoms with van der Waals surface area (Å²) >= 11 is 3.44. The fourth-order valence-electron chi connectivity index (χ4n) is 3.59. The van der Waals surface area contributed by atoms with E-state index in [0.29, 0.717) is 11.3 Å². The van der Waals surface area contributed by atoms with Crippen LogP contribution in [0.4, 0.5) is 5.69 Å². The van der Waals surface area contributed by atoms with Gasteiger partial charge in [-0.25, -0.2) is 4.79 Å². The Labute approximate surface area is 194 Å². The summed E-state index contributed by atoms with van der Waals surface area (Å²) in [6.07, 6.45) is 4.60. The molecule has 0 fully saturated rings. The summed E-state index contributed by atoms with van der Waals surface area (Å²) in [5.74, 6) is 0.399. The molecule has 4 rings (SSSR count). The highest BCUT2D eigenvalue weighted by Gasteiger charge is 2.28. The quantitative estimate of drug-likeness (QED) is 0.510. The molecule has 0 saturated heterocycles. The van der Waals surface area contributed by atoms with Crippen molar-refractivity contribution in [1.82, 2.24) is 4.57 Å². The summed E-state index contributed by atoms with van der Waals surface area (Å²) in [6.45, 7) is -0.299. The molecule has 0 atom stereocenters. The lowest BCUT2D eigenvalue weighted by Crippen LogP contribution is -2.37. The number of primary amides is 1. The van der Waals surface area contributed by atoms with Crippen molar-refractivity contribution >= 4 is 46.6 Å². The Morgan fingerprint density at radius 1 is 1.09 bits per heavy atom. The molecule has 9 heteroatoms. The van der Waals surface area contributed by atoms with Gasteiger partial charge in [0.1, 0.15) is 5.00 Å². The summed E-state index contributed by atoms with van der Waals surface area (Å²) in [7, 11) is 0. The third kappa shape index (κ3) is 4.89. The molecule has 0 bridgehead atoms. The number of thiophene rings is 1. The zero-order valence-corrected chi connectivity index (χ0v) is 19.0. The van der Waals surface area contributed by atoms with Gasteiger partial charge in [0.15, 0.2) is 6.61 Å². The molecule has 3 aromatic rings. The maximum absolute atomic E-state index is 13.1. The highest BCUT2D eigenvalue weighted by Crippen LogP contribution is 2.38. The first-order valence-corrected chi connectivity index (χ1v) is 12.2.